The summed E-state index contributed by atoms with van der Waals surface area (Å²) in [6.45, 7) is 4.35. The number of hydrogen-bond acceptors (Lipinski definition) is 4. The van der Waals surface area contributed by atoms with Gasteiger partial charge in [0.05, 0.1) is 19.4 Å². The minimum absolute atomic E-state index is 0.239. The van der Waals surface area contributed by atoms with E-state index in [-0.39, 0.29) is 6.54 Å². The predicted molar refractivity (Wildman–Crippen MR) is 94.2 cm³/mol. The molecule has 0 aliphatic rings. The number of aliphatic imine (C=N–C) groups is 1. The van der Waals surface area contributed by atoms with E-state index in [0.29, 0.717) is 18.3 Å². The molecular weight excluding hydrogens is 306 g/mol. The van der Waals surface area contributed by atoms with Crippen LogP contribution in [0.25, 0.3) is 0 Å². The Kier molecular flexibility index (Phi) is 7.70. The van der Waals surface area contributed by atoms with Crippen LogP contribution in [0, 0.1) is 0 Å². The summed E-state index contributed by atoms with van der Waals surface area (Å²) in [7, 11) is 0. The van der Waals surface area contributed by atoms with Crippen LogP contribution in [-0.2, 0) is 0 Å². The quantitative estimate of drug-likeness (QED) is 0.373. The van der Waals surface area contributed by atoms with Gasteiger partial charge in [0.15, 0.2) is 5.96 Å². The smallest absolute Gasteiger partial charge is 0.191 e. The summed E-state index contributed by atoms with van der Waals surface area (Å²) in [4.78, 5) is 4.37. The lowest BCUT2D eigenvalue weighted by Crippen LogP contribution is -2.38. The molecule has 2 rings (SSSR count). The first-order valence-corrected chi connectivity index (χ1v) is 8.21. The maximum absolute atomic E-state index is 9.99. The van der Waals surface area contributed by atoms with Crippen LogP contribution < -0.4 is 15.4 Å². The number of guanidine groups is 1. The van der Waals surface area contributed by atoms with Crippen molar-refractivity contribution in [2.75, 3.05) is 26.2 Å². The molecule has 0 saturated carbocycles. The van der Waals surface area contributed by atoms with Crippen molar-refractivity contribution >= 4 is 5.96 Å². The molecule has 0 saturated heterocycles. The Morgan fingerprint density at radius 2 is 2.04 bits per heavy atom. The van der Waals surface area contributed by atoms with Gasteiger partial charge in [-0.15, -0.1) is 0 Å². The summed E-state index contributed by atoms with van der Waals surface area (Å²) in [5.74, 6) is 2.06. The van der Waals surface area contributed by atoms with E-state index in [1.807, 2.05) is 37.3 Å². The minimum Gasteiger partial charge on any atom is -0.494 e. The monoisotopic (exact) mass is 331 g/mol. The summed E-state index contributed by atoms with van der Waals surface area (Å²) in [5, 5.41) is 16.4. The molecule has 1 aromatic carbocycles. The van der Waals surface area contributed by atoms with Gasteiger partial charge >= 0.3 is 0 Å². The second-order valence-electron chi connectivity index (χ2n) is 5.19. The molecule has 2 aromatic rings. The van der Waals surface area contributed by atoms with E-state index < -0.39 is 6.10 Å². The number of rotatable bonds is 9. The highest BCUT2D eigenvalue weighted by molar-refractivity contribution is 5.79. The Balaban J connectivity index is 1.69. The fraction of sp³-hybridized carbons (Fsp3) is 0.389. The molecule has 0 bridgehead atoms. The van der Waals surface area contributed by atoms with E-state index in [2.05, 4.69) is 15.6 Å². The van der Waals surface area contributed by atoms with Crippen molar-refractivity contribution in [1.29, 1.82) is 0 Å². The van der Waals surface area contributed by atoms with Crippen molar-refractivity contribution in [1.82, 2.24) is 10.6 Å². The highest BCUT2D eigenvalue weighted by atomic mass is 16.5. The number of aliphatic hydroxyl groups excluding tert-OH is 1. The molecule has 6 heteroatoms. The predicted octanol–water partition coefficient (Wildman–Crippen LogP) is 2.34. The zero-order chi connectivity index (χ0) is 17.0. The van der Waals surface area contributed by atoms with Crippen molar-refractivity contribution in [2.45, 2.75) is 19.4 Å². The Morgan fingerprint density at radius 1 is 1.21 bits per heavy atom. The first kappa shape index (κ1) is 17.9. The molecule has 130 valence electrons. The van der Waals surface area contributed by atoms with Crippen LogP contribution in [0.2, 0.25) is 0 Å². The molecule has 3 N–H and O–H groups in total. The Labute approximate surface area is 142 Å². The van der Waals surface area contributed by atoms with Crippen LogP contribution in [0.1, 0.15) is 25.2 Å². The van der Waals surface area contributed by atoms with E-state index in [0.717, 1.165) is 25.3 Å². The second kappa shape index (κ2) is 10.3. The zero-order valence-electron chi connectivity index (χ0n) is 13.9. The van der Waals surface area contributed by atoms with Gasteiger partial charge in [-0.1, -0.05) is 18.2 Å². The van der Waals surface area contributed by atoms with E-state index in [1.54, 1.807) is 18.4 Å². The van der Waals surface area contributed by atoms with E-state index in [1.165, 1.54) is 0 Å². The number of ether oxygens (including phenoxy) is 1. The van der Waals surface area contributed by atoms with E-state index in [4.69, 9.17) is 9.15 Å². The lowest BCUT2D eigenvalue weighted by atomic mass is 10.3. The highest BCUT2D eigenvalue weighted by Gasteiger charge is 2.09. The average molecular weight is 331 g/mol. The van der Waals surface area contributed by atoms with Crippen LogP contribution in [0.4, 0.5) is 0 Å². The fourth-order valence-electron chi connectivity index (χ4n) is 2.08. The van der Waals surface area contributed by atoms with Gasteiger partial charge in [0.1, 0.15) is 17.6 Å². The normalized spacial score (nSPS) is 12.7. The molecule has 0 aliphatic carbocycles. The molecule has 1 unspecified atom stereocenters. The molecule has 6 nitrogen and oxygen atoms in total. The molecule has 0 aliphatic heterocycles. The van der Waals surface area contributed by atoms with Gasteiger partial charge in [-0.05, 0) is 37.6 Å². The van der Waals surface area contributed by atoms with Crippen molar-refractivity contribution < 1.29 is 14.3 Å². The molecule has 1 heterocycles. The number of aliphatic hydroxyl groups is 1. The second-order valence-corrected chi connectivity index (χ2v) is 5.19. The Bertz CT molecular complexity index is 585. The van der Waals surface area contributed by atoms with E-state index in [9.17, 15) is 5.11 Å². The third-order valence-electron chi connectivity index (χ3n) is 3.26. The molecule has 0 spiro atoms. The minimum atomic E-state index is -0.739. The van der Waals surface area contributed by atoms with Gasteiger partial charge in [0, 0.05) is 13.1 Å². The summed E-state index contributed by atoms with van der Waals surface area (Å²) in [5.41, 5.74) is 0. The third kappa shape index (κ3) is 6.34. The van der Waals surface area contributed by atoms with Crippen molar-refractivity contribution in [3.05, 3.63) is 54.5 Å². The van der Waals surface area contributed by atoms with Gasteiger partial charge in [0.25, 0.3) is 0 Å². The molecule has 0 amide bonds. The zero-order valence-corrected chi connectivity index (χ0v) is 13.9. The SMILES string of the molecule is CCNC(=NCC(O)c1ccco1)NCCCOc1ccccc1. The Morgan fingerprint density at radius 3 is 2.75 bits per heavy atom. The fourth-order valence-corrected chi connectivity index (χ4v) is 2.08. The summed E-state index contributed by atoms with van der Waals surface area (Å²) in [6, 6.07) is 13.2. The van der Waals surface area contributed by atoms with Crippen LogP contribution >= 0.6 is 0 Å². The molecule has 0 fully saturated rings. The van der Waals surface area contributed by atoms with Gasteiger partial charge in [-0.25, -0.2) is 0 Å². The third-order valence-corrected chi connectivity index (χ3v) is 3.26. The van der Waals surface area contributed by atoms with E-state index >= 15 is 0 Å². The number of furan rings is 1. The number of nitrogens with zero attached hydrogens (tertiary/aromatic N) is 1. The maximum atomic E-state index is 9.99. The van der Waals surface area contributed by atoms with Gasteiger partial charge in [-0.3, -0.25) is 4.99 Å². The number of para-hydroxylation sites is 1. The average Bonchev–Trinajstić information content (AvgIpc) is 3.14. The van der Waals surface area contributed by atoms with Crippen LogP contribution in [0.5, 0.6) is 5.75 Å². The van der Waals surface area contributed by atoms with Gasteiger partial charge in [-0.2, -0.15) is 0 Å². The molecule has 24 heavy (non-hydrogen) atoms. The van der Waals surface area contributed by atoms with Crippen LogP contribution in [-0.4, -0.2) is 37.3 Å². The first-order valence-electron chi connectivity index (χ1n) is 8.21. The number of hydrogen-bond donors (Lipinski definition) is 3. The molecular formula is C18H25N3O3. The standard InChI is InChI=1S/C18H25N3O3/c1-2-19-18(21-14-16(22)17-10-6-12-24-17)20-11-7-13-23-15-8-4-3-5-9-15/h3-6,8-10,12,16,22H,2,7,11,13-14H2,1H3,(H2,19,20,21). The highest BCUT2D eigenvalue weighted by Crippen LogP contribution is 2.12. The van der Waals surface area contributed by atoms with Crippen molar-refractivity contribution in [3.63, 3.8) is 0 Å². The lowest BCUT2D eigenvalue weighted by molar-refractivity contribution is 0.158. The van der Waals surface area contributed by atoms with Crippen molar-refractivity contribution in [2.24, 2.45) is 4.99 Å². The van der Waals surface area contributed by atoms with Gasteiger partial charge < -0.3 is 24.9 Å². The first-order chi connectivity index (χ1) is 11.8. The number of benzene rings is 1. The number of nitrogens with one attached hydrogen (secondary N) is 2. The van der Waals surface area contributed by atoms with Crippen LogP contribution in [0.3, 0.4) is 0 Å². The maximum Gasteiger partial charge on any atom is 0.191 e. The molecule has 1 aromatic heterocycles. The summed E-state index contributed by atoms with van der Waals surface area (Å²) in [6.07, 6.45) is 1.65. The van der Waals surface area contributed by atoms with Crippen molar-refractivity contribution in [3.8, 4) is 5.75 Å². The summed E-state index contributed by atoms with van der Waals surface area (Å²) >= 11 is 0. The molecule has 0 radical (unpaired) electrons. The summed E-state index contributed by atoms with van der Waals surface area (Å²) < 4.78 is 10.8. The largest absolute Gasteiger partial charge is 0.494 e. The molecule has 1 atom stereocenters. The topological polar surface area (TPSA) is 79.0 Å². The lowest BCUT2D eigenvalue weighted by Gasteiger charge is -2.12. The van der Waals surface area contributed by atoms with Gasteiger partial charge in [0.2, 0.25) is 0 Å². The Hall–Kier alpha value is -2.47. The van der Waals surface area contributed by atoms with Crippen LogP contribution in [0.15, 0.2) is 58.1 Å².